The fourth-order valence-electron chi connectivity index (χ4n) is 3.80. The van der Waals surface area contributed by atoms with Gasteiger partial charge in [0.05, 0.1) is 10.2 Å². The van der Waals surface area contributed by atoms with Crippen LogP contribution in [0.2, 0.25) is 0 Å². The van der Waals surface area contributed by atoms with E-state index in [1.54, 1.807) is 30.9 Å². The molecule has 3 aromatic heterocycles. The number of nitrogens with zero attached hydrogens (tertiary/aromatic N) is 4. The van der Waals surface area contributed by atoms with Gasteiger partial charge in [0, 0.05) is 26.2 Å². The Balaban J connectivity index is 1.29. The minimum absolute atomic E-state index is 0.101. The molecule has 0 N–H and O–H groups in total. The predicted molar refractivity (Wildman–Crippen MR) is 118 cm³/mol. The van der Waals surface area contributed by atoms with Crippen LogP contribution in [0, 0.1) is 13.8 Å². The minimum atomic E-state index is -3.73. The smallest absolute Gasteiger partial charge is 0.289 e. The van der Waals surface area contributed by atoms with Gasteiger partial charge in [0.15, 0.2) is 22.3 Å². The molecule has 0 aliphatic carbocycles. The van der Waals surface area contributed by atoms with Crippen LogP contribution >= 0.6 is 11.3 Å². The molecule has 0 saturated carbocycles. The molecular formula is C21H20N4O5S2. The maximum absolute atomic E-state index is 13.0. The van der Waals surface area contributed by atoms with E-state index in [-0.39, 0.29) is 48.5 Å². The highest BCUT2D eigenvalue weighted by atomic mass is 32.2. The Morgan fingerprint density at radius 2 is 1.81 bits per heavy atom. The average Bonchev–Trinajstić information content (AvgIpc) is 3.51. The zero-order chi connectivity index (χ0) is 22.5. The summed E-state index contributed by atoms with van der Waals surface area (Å²) in [7, 11) is -3.73. The van der Waals surface area contributed by atoms with Crippen LogP contribution < -0.4 is 0 Å². The number of benzene rings is 1. The molecule has 0 atom stereocenters. The van der Waals surface area contributed by atoms with Crippen LogP contribution in [0.1, 0.15) is 22.0 Å². The van der Waals surface area contributed by atoms with Gasteiger partial charge in [0.25, 0.3) is 5.91 Å². The van der Waals surface area contributed by atoms with E-state index in [1.807, 2.05) is 24.3 Å². The van der Waals surface area contributed by atoms with Gasteiger partial charge in [-0.15, -0.1) is 11.3 Å². The number of hydrogen-bond acceptors (Lipinski definition) is 8. The Labute approximate surface area is 188 Å². The van der Waals surface area contributed by atoms with E-state index in [4.69, 9.17) is 8.94 Å². The van der Waals surface area contributed by atoms with Crippen molar-refractivity contribution in [2.75, 3.05) is 26.2 Å². The van der Waals surface area contributed by atoms with Crippen molar-refractivity contribution in [2.45, 2.75) is 18.7 Å². The highest BCUT2D eigenvalue weighted by molar-refractivity contribution is 7.89. The first-order chi connectivity index (χ1) is 15.3. The lowest BCUT2D eigenvalue weighted by Crippen LogP contribution is -2.50. The molecule has 1 amide bonds. The van der Waals surface area contributed by atoms with Gasteiger partial charge in [-0.3, -0.25) is 4.79 Å². The quantitative estimate of drug-likeness (QED) is 0.448. The molecular weight excluding hydrogens is 452 g/mol. The third kappa shape index (κ3) is 3.51. The predicted octanol–water partition coefficient (Wildman–Crippen LogP) is 3.31. The van der Waals surface area contributed by atoms with Crippen molar-refractivity contribution in [2.24, 2.45) is 0 Å². The van der Waals surface area contributed by atoms with Gasteiger partial charge in [-0.05, 0) is 38.1 Å². The molecule has 1 fully saturated rings. The van der Waals surface area contributed by atoms with Crippen molar-refractivity contribution < 1.29 is 22.2 Å². The van der Waals surface area contributed by atoms with Gasteiger partial charge in [0.1, 0.15) is 10.6 Å². The van der Waals surface area contributed by atoms with E-state index in [9.17, 15) is 13.2 Å². The Morgan fingerprint density at radius 1 is 1.06 bits per heavy atom. The normalized spacial score (nSPS) is 15.5. The molecule has 1 saturated heterocycles. The summed E-state index contributed by atoms with van der Waals surface area (Å²) in [6.07, 6.45) is 0. The summed E-state index contributed by atoms with van der Waals surface area (Å²) in [5.41, 5.74) is 1.21. The lowest BCUT2D eigenvalue weighted by Gasteiger charge is -2.33. The molecule has 0 spiro atoms. The number of amides is 1. The number of carbonyl (C=O) groups is 1. The van der Waals surface area contributed by atoms with E-state index in [0.717, 1.165) is 10.2 Å². The molecule has 0 unspecified atom stereocenters. The van der Waals surface area contributed by atoms with Crippen molar-refractivity contribution in [3.63, 3.8) is 0 Å². The maximum atomic E-state index is 13.0. The molecule has 0 radical (unpaired) electrons. The van der Waals surface area contributed by atoms with Gasteiger partial charge in [-0.2, -0.15) is 4.31 Å². The van der Waals surface area contributed by atoms with E-state index in [0.29, 0.717) is 16.5 Å². The van der Waals surface area contributed by atoms with Crippen molar-refractivity contribution >= 4 is 37.5 Å². The zero-order valence-corrected chi connectivity index (χ0v) is 19.1. The minimum Gasteiger partial charge on any atom is -0.448 e. The largest absolute Gasteiger partial charge is 0.448 e. The third-order valence-electron chi connectivity index (χ3n) is 5.41. The van der Waals surface area contributed by atoms with Crippen LogP contribution in [-0.4, -0.2) is 59.8 Å². The fourth-order valence-corrected chi connectivity index (χ4v) is 6.45. The topological polar surface area (TPSA) is 110 Å². The number of fused-ring (bicyclic) bond motifs is 1. The number of aromatic nitrogens is 2. The van der Waals surface area contributed by atoms with Gasteiger partial charge in [0.2, 0.25) is 10.0 Å². The lowest BCUT2D eigenvalue weighted by molar-refractivity contribution is 0.0667. The summed E-state index contributed by atoms with van der Waals surface area (Å²) in [6.45, 7) is 4.07. The first-order valence-corrected chi connectivity index (χ1v) is 12.3. The van der Waals surface area contributed by atoms with Gasteiger partial charge in [-0.25, -0.2) is 13.4 Å². The maximum Gasteiger partial charge on any atom is 0.289 e. The molecule has 11 heteroatoms. The molecule has 1 aromatic carbocycles. The van der Waals surface area contributed by atoms with Gasteiger partial charge >= 0.3 is 0 Å². The number of sulfonamides is 1. The molecule has 9 nitrogen and oxygen atoms in total. The molecule has 4 aromatic rings. The number of rotatable bonds is 4. The summed E-state index contributed by atoms with van der Waals surface area (Å²) in [6, 6.07) is 11.2. The lowest BCUT2D eigenvalue weighted by atomic mass is 10.3. The highest BCUT2D eigenvalue weighted by Gasteiger charge is 2.35. The Kier molecular flexibility index (Phi) is 5.11. The highest BCUT2D eigenvalue weighted by Crippen LogP contribution is 2.31. The first kappa shape index (κ1) is 20.9. The summed E-state index contributed by atoms with van der Waals surface area (Å²) >= 11 is 1.50. The van der Waals surface area contributed by atoms with Crippen molar-refractivity contribution in [1.29, 1.82) is 0 Å². The number of hydrogen-bond donors (Lipinski definition) is 0. The molecule has 166 valence electrons. The average molecular weight is 473 g/mol. The number of carbonyl (C=O) groups excluding carboxylic acids is 1. The standard InChI is InChI=1S/C21H20N4O5S2/c1-13-19(14(2)30-23-13)32(27,28)25-11-9-24(10-12-25)21(26)17-8-7-16(29-17)20-22-15-5-3-4-6-18(15)31-20/h3-8H,9-12H2,1-2H3. The fraction of sp³-hybridized carbons (Fsp3) is 0.286. The Hall–Kier alpha value is -3.02. The molecule has 1 aliphatic heterocycles. The van der Waals surface area contributed by atoms with Gasteiger partial charge in [-0.1, -0.05) is 17.3 Å². The molecule has 1 aliphatic rings. The third-order valence-corrected chi connectivity index (χ3v) is 8.61. The second-order valence-corrected chi connectivity index (χ2v) is 10.4. The zero-order valence-electron chi connectivity index (χ0n) is 17.4. The second kappa shape index (κ2) is 7.84. The Bertz CT molecular complexity index is 1360. The monoisotopic (exact) mass is 472 g/mol. The molecule has 0 bridgehead atoms. The molecule has 5 rings (SSSR count). The van der Waals surface area contributed by atoms with Crippen LogP contribution in [0.15, 0.2) is 50.2 Å². The molecule has 32 heavy (non-hydrogen) atoms. The van der Waals surface area contributed by atoms with Crippen molar-refractivity contribution in [1.82, 2.24) is 19.3 Å². The van der Waals surface area contributed by atoms with Crippen molar-refractivity contribution in [3.05, 3.63) is 53.6 Å². The van der Waals surface area contributed by atoms with E-state index in [2.05, 4.69) is 10.1 Å². The van der Waals surface area contributed by atoms with Crippen LogP contribution in [-0.2, 0) is 10.0 Å². The van der Waals surface area contributed by atoms with Crippen LogP contribution in [0.25, 0.3) is 21.0 Å². The van der Waals surface area contributed by atoms with Crippen LogP contribution in [0.4, 0.5) is 0 Å². The SMILES string of the molecule is Cc1noc(C)c1S(=O)(=O)N1CCN(C(=O)c2ccc(-c3nc4ccccc4s3)o2)CC1. The van der Waals surface area contributed by atoms with E-state index >= 15 is 0 Å². The van der Waals surface area contributed by atoms with Gasteiger partial charge < -0.3 is 13.8 Å². The second-order valence-electron chi connectivity index (χ2n) is 7.50. The summed E-state index contributed by atoms with van der Waals surface area (Å²) in [4.78, 5) is 19.2. The van der Waals surface area contributed by atoms with Crippen molar-refractivity contribution in [3.8, 4) is 10.8 Å². The first-order valence-electron chi connectivity index (χ1n) is 10.0. The number of thiazole rings is 1. The summed E-state index contributed by atoms with van der Waals surface area (Å²) in [5.74, 6) is 0.737. The Morgan fingerprint density at radius 3 is 2.50 bits per heavy atom. The summed E-state index contributed by atoms with van der Waals surface area (Å²) < 4.78 is 39.2. The number of furan rings is 1. The van der Waals surface area contributed by atoms with E-state index in [1.165, 1.54) is 15.6 Å². The number of para-hydroxylation sites is 1. The molecule has 4 heterocycles. The van der Waals surface area contributed by atoms with Crippen LogP contribution in [0.5, 0.6) is 0 Å². The number of aryl methyl sites for hydroxylation is 2. The summed E-state index contributed by atoms with van der Waals surface area (Å²) in [5, 5.41) is 4.45. The van der Waals surface area contributed by atoms with E-state index < -0.39 is 10.0 Å². The number of piperazine rings is 1. The van der Waals surface area contributed by atoms with Crippen LogP contribution in [0.3, 0.4) is 0 Å².